The maximum atomic E-state index is 12.1. The van der Waals surface area contributed by atoms with Gasteiger partial charge in [0.05, 0.1) is 11.6 Å². The van der Waals surface area contributed by atoms with Crippen molar-refractivity contribution in [2.45, 2.75) is 6.42 Å². The van der Waals surface area contributed by atoms with Gasteiger partial charge < -0.3 is 16.4 Å². The van der Waals surface area contributed by atoms with Crippen LogP contribution in [0.25, 0.3) is 0 Å². The van der Waals surface area contributed by atoms with Crippen LogP contribution in [0.3, 0.4) is 0 Å². The van der Waals surface area contributed by atoms with Crippen molar-refractivity contribution in [1.82, 2.24) is 14.7 Å². The van der Waals surface area contributed by atoms with E-state index in [1.54, 1.807) is 18.1 Å². The number of aryl methyl sites for hydroxylation is 1. The molecule has 92 valence electrons. The van der Waals surface area contributed by atoms with Crippen LogP contribution < -0.4 is 11.5 Å². The molecule has 1 saturated heterocycles. The van der Waals surface area contributed by atoms with Crippen LogP contribution in [0.1, 0.15) is 16.9 Å². The van der Waals surface area contributed by atoms with Gasteiger partial charge in [-0.05, 0) is 6.42 Å². The fraction of sp³-hybridized carbons (Fsp3) is 0.500. The molecule has 2 rings (SSSR count). The largest absolute Gasteiger partial charge is 0.396 e. The van der Waals surface area contributed by atoms with E-state index in [4.69, 9.17) is 11.5 Å². The lowest BCUT2D eigenvalue weighted by Crippen LogP contribution is -2.32. The molecular weight excluding hydrogens is 222 g/mol. The number of nitrogen functional groups attached to an aromatic ring is 1. The van der Waals surface area contributed by atoms with Crippen molar-refractivity contribution in [3.05, 3.63) is 11.9 Å². The minimum absolute atomic E-state index is 0.234. The molecule has 2 amide bonds. The predicted molar refractivity (Wildman–Crippen MR) is 60.8 cm³/mol. The van der Waals surface area contributed by atoms with E-state index >= 15 is 0 Å². The predicted octanol–water partition coefficient (Wildman–Crippen LogP) is -1.05. The summed E-state index contributed by atoms with van der Waals surface area (Å²) in [6.45, 7) is 0.868. The van der Waals surface area contributed by atoms with Gasteiger partial charge in [0.25, 0.3) is 5.91 Å². The zero-order valence-corrected chi connectivity index (χ0v) is 9.59. The summed E-state index contributed by atoms with van der Waals surface area (Å²) < 4.78 is 1.49. The Labute approximate surface area is 98.4 Å². The Morgan fingerprint density at radius 3 is 2.71 bits per heavy atom. The first-order valence-electron chi connectivity index (χ1n) is 5.36. The van der Waals surface area contributed by atoms with Crippen molar-refractivity contribution in [3.63, 3.8) is 0 Å². The number of likely N-dealkylation sites (tertiary alicyclic amines) is 1. The highest BCUT2D eigenvalue weighted by Crippen LogP contribution is 2.19. The number of aromatic nitrogens is 2. The SMILES string of the molecule is Cn1cc(N)c(C(=O)N2CCC(C(N)=O)C2)n1. The summed E-state index contributed by atoms with van der Waals surface area (Å²) in [4.78, 5) is 24.6. The third-order valence-electron chi connectivity index (χ3n) is 2.94. The van der Waals surface area contributed by atoms with E-state index in [2.05, 4.69) is 5.10 Å². The molecule has 7 heteroatoms. The van der Waals surface area contributed by atoms with Crippen molar-refractivity contribution in [2.24, 2.45) is 18.7 Å². The fourth-order valence-corrected chi connectivity index (χ4v) is 2.00. The highest BCUT2D eigenvalue weighted by Gasteiger charge is 2.31. The molecule has 1 unspecified atom stereocenters. The maximum Gasteiger partial charge on any atom is 0.276 e. The van der Waals surface area contributed by atoms with Gasteiger partial charge in [-0.2, -0.15) is 5.10 Å². The molecule has 0 aliphatic carbocycles. The summed E-state index contributed by atoms with van der Waals surface area (Å²) in [6, 6.07) is 0. The molecule has 1 aliphatic heterocycles. The van der Waals surface area contributed by atoms with Gasteiger partial charge >= 0.3 is 0 Å². The molecule has 7 nitrogen and oxygen atoms in total. The molecule has 1 fully saturated rings. The van der Waals surface area contributed by atoms with Gasteiger partial charge in [0.2, 0.25) is 5.91 Å². The highest BCUT2D eigenvalue weighted by atomic mass is 16.2. The van der Waals surface area contributed by atoms with Gasteiger partial charge in [-0.25, -0.2) is 0 Å². The smallest absolute Gasteiger partial charge is 0.276 e. The van der Waals surface area contributed by atoms with E-state index in [0.717, 1.165) is 0 Å². The lowest BCUT2D eigenvalue weighted by atomic mass is 10.1. The van der Waals surface area contributed by atoms with Gasteiger partial charge in [-0.1, -0.05) is 0 Å². The van der Waals surface area contributed by atoms with E-state index in [1.165, 1.54) is 4.68 Å². The minimum atomic E-state index is -0.366. The number of carbonyl (C=O) groups is 2. The van der Waals surface area contributed by atoms with Crippen molar-refractivity contribution < 1.29 is 9.59 Å². The van der Waals surface area contributed by atoms with E-state index in [1.807, 2.05) is 0 Å². The second-order valence-electron chi connectivity index (χ2n) is 4.25. The van der Waals surface area contributed by atoms with Crippen LogP contribution in [0.4, 0.5) is 5.69 Å². The first-order valence-corrected chi connectivity index (χ1v) is 5.36. The maximum absolute atomic E-state index is 12.1. The zero-order chi connectivity index (χ0) is 12.6. The number of primary amides is 1. The van der Waals surface area contributed by atoms with Crippen LogP contribution in [0.2, 0.25) is 0 Å². The Balaban J connectivity index is 2.12. The first kappa shape index (κ1) is 11.4. The Bertz CT molecular complexity index is 467. The molecule has 1 aliphatic rings. The van der Waals surface area contributed by atoms with Gasteiger partial charge in [-0.15, -0.1) is 0 Å². The number of amides is 2. The number of anilines is 1. The average Bonchev–Trinajstić information content (AvgIpc) is 2.84. The normalized spacial score (nSPS) is 19.6. The lowest BCUT2D eigenvalue weighted by Gasteiger charge is -2.14. The summed E-state index contributed by atoms with van der Waals surface area (Å²) in [5, 5.41) is 4.01. The quantitative estimate of drug-likeness (QED) is 0.684. The Kier molecular flexibility index (Phi) is 2.74. The Hall–Kier alpha value is -2.05. The molecule has 17 heavy (non-hydrogen) atoms. The zero-order valence-electron chi connectivity index (χ0n) is 9.59. The van der Waals surface area contributed by atoms with Gasteiger partial charge in [0.1, 0.15) is 0 Å². The van der Waals surface area contributed by atoms with Crippen molar-refractivity contribution >= 4 is 17.5 Å². The van der Waals surface area contributed by atoms with E-state index in [9.17, 15) is 9.59 Å². The number of rotatable bonds is 2. The van der Waals surface area contributed by atoms with Gasteiger partial charge in [-0.3, -0.25) is 14.3 Å². The summed E-state index contributed by atoms with van der Waals surface area (Å²) in [5.41, 5.74) is 11.5. The molecule has 0 radical (unpaired) electrons. The topological polar surface area (TPSA) is 107 Å². The van der Waals surface area contributed by atoms with Crippen LogP contribution >= 0.6 is 0 Å². The van der Waals surface area contributed by atoms with Crippen LogP contribution in [0.5, 0.6) is 0 Å². The highest BCUT2D eigenvalue weighted by molar-refractivity contribution is 5.97. The van der Waals surface area contributed by atoms with Crippen LogP contribution in [0, 0.1) is 5.92 Å². The summed E-state index contributed by atoms with van der Waals surface area (Å²) in [6.07, 6.45) is 2.18. The number of nitrogens with zero attached hydrogens (tertiary/aromatic N) is 3. The second-order valence-corrected chi connectivity index (χ2v) is 4.25. The Morgan fingerprint density at radius 1 is 1.53 bits per heavy atom. The summed E-state index contributed by atoms with van der Waals surface area (Å²) in [5.74, 6) is -0.870. The molecule has 1 aromatic rings. The first-order chi connectivity index (χ1) is 7.99. The van der Waals surface area contributed by atoms with E-state index in [0.29, 0.717) is 25.2 Å². The molecule has 0 aromatic carbocycles. The molecule has 0 spiro atoms. The van der Waals surface area contributed by atoms with E-state index in [-0.39, 0.29) is 23.4 Å². The molecule has 1 atom stereocenters. The third-order valence-corrected chi connectivity index (χ3v) is 2.94. The van der Waals surface area contributed by atoms with Crippen molar-refractivity contribution in [2.75, 3.05) is 18.8 Å². The monoisotopic (exact) mass is 237 g/mol. The fourth-order valence-electron chi connectivity index (χ4n) is 2.00. The van der Waals surface area contributed by atoms with E-state index < -0.39 is 0 Å². The van der Waals surface area contributed by atoms with Gasteiger partial charge in [0.15, 0.2) is 5.69 Å². The van der Waals surface area contributed by atoms with Crippen LogP contribution in [0.15, 0.2) is 6.20 Å². The molecule has 2 heterocycles. The number of hydrogen-bond donors (Lipinski definition) is 2. The molecule has 0 saturated carbocycles. The second kappa shape index (κ2) is 4.08. The third kappa shape index (κ3) is 2.08. The van der Waals surface area contributed by atoms with Crippen LogP contribution in [-0.2, 0) is 11.8 Å². The standard InChI is InChI=1S/C10H15N5O2/c1-14-5-7(11)8(13-14)10(17)15-3-2-6(4-15)9(12)16/h5-6H,2-4,11H2,1H3,(H2,12,16). The molecular formula is C10H15N5O2. The average molecular weight is 237 g/mol. The minimum Gasteiger partial charge on any atom is -0.396 e. The van der Waals surface area contributed by atoms with Gasteiger partial charge in [0, 0.05) is 26.3 Å². The molecule has 0 bridgehead atoms. The summed E-state index contributed by atoms with van der Waals surface area (Å²) >= 11 is 0. The van der Waals surface area contributed by atoms with Crippen molar-refractivity contribution in [1.29, 1.82) is 0 Å². The molecule has 4 N–H and O–H groups in total. The number of nitrogens with two attached hydrogens (primary N) is 2. The Morgan fingerprint density at radius 2 is 2.24 bits per heavy atom. The number of hydrogen-bond acceptors (Lipinski definition) is 4. The number of carbonyl (C=O) groups excluding carboxylic acids is 2. The molecule has 1 aromatic heterocycles. The van der Waals surface area contributed by atoms with Crippen LogP contribution in [-0.4, -0.2) is 39.6 Å². The van der Waals surface area contributed by atoms with Crippen molar-refractivity contribution in [3.8, 4) is 0 Å². The lowest BCUT2D eigenvalue weighted by molar-refractivity contribution is -0.121. The summed E-state index contributed by atoms with van der Waals surface area (Å²) in [7, 11) is 1.70.